The second-order valence-electron chi connectivity index (χ2n) is 6.66. The predicted molar refractivity (Wildman–Crippen MR) is 120 cm³/mol. The summed E-state index contributed by atoms with van der Waals surface area (Å²) < 4.78 is 10.4. The van der Waals surface area contributed by atoms with Crippen molar-refractivity contribution in [2.45, 2.75) is 20.8 Å². The number of nitrogens with zero attached hydrogens (tertiary/aromatic N) is 4. The number of aryl methyl sites for hydroxylation is 2. The third-order valence-corrected chi connectivity index (χ3v) is 5.43. The van der Waals surface area contributed by atoms with E-state index in [1.54, 1.807) is 12.4 Å². The van der Waals surface area contributed by atoms with Crippen LogP contribution in [-0.2, 0) is 0 Å². The Balaban J connectivity index is 1.92. The average Bonchev–Trinajstić information content (AvgIpc) is 3.11. The molecule has 1 heterocycles. The van der Waals surface area contributed by atoms with E-state index in [9.17, 15) is 5.26 Å². The SMILES string of the molecule is CCN(C)/C=N\c1cc(Cl)c(Oc2snc(-c3cccc(C)c3)c2C#N)cc1C. The van der Waals surface area contributed by atoms with Gasteiger partial charge in [0.25, 0.3) is 0 Å². The Bertz CT molecular complexity index is 1100. The van der Waals surface area contributed by atoms with Crippen molar-refractivity contribution in [3.05, 3.63) is 58.1 Å². The van der Waals surface area contributed by atoms with E-state index < -0.39 is 0 Å². The van der Waals surface area contributed by atoms with Gasteiger partial charge in [0.2, 0.25) is 5.06 Å². The van der Waals surface area contributed by atoms with Gasteiger partial charge < -0.3 is 9.64 Å². The number of nitriles is 1. The molecule has 0 atom stereocenters. The lowest BCUT2D eigenvalue weighted by Crippen LogP contribution is -2.14. The minimum absolute atomic E-state index is 0.404. The summed E-state index contributed by atoms with van der Waals surface area (Å²) in [5.74, 6) is 0.475. The van der Waals surface area contributed by atoms with Crippen LogP contribution in [-0.4, -0.2) is 29.2 Å². The minimum Gasteiger partial charge on any atom is -0.442 e. The predicted octanol–water partition coefficient (Wildman–Crippen LogP) is 6.36. The third kappa shape index (κ3) is 4.76. The summed E-state index contributed by atoms with van der Waals surface area (Å²) in [5, 5.41) is 10.5. The van der Waals surface area contributed by atoms with Crippen LogP contribution in [0.5, 0.6) is 10.8 Å². The molecular weight excluding hydrogens is 404 g/mol. The normalized spacial score (nSPS) is 10.9. The van der Waals surface area contributed by atoms with Gasteiger partial charge in [0, 0.05) is 30.7 Å². The van der Waals surface area contributed by atoms with Gasteiger partial charge >= 0.3 is 0 Å². The number of aromatic nitrogens is 1. The van der Waals surface area contributed by atoms with Gasteiger partial charge in [-0.25, -0.2) is 4.99 Å². The van der Waals surface area contributed by atoms with Crippen molar-refractivity contribution in [1.82, 2.24) is 9.27 Å². The topological polar surface area (TPSA) is 61.5 Å². The lowest BCUT2D eigenvalue weighted by molar-refractivity contribution is 0.495. The van der Waals surface area contributed by atoms with Crippen molar-refractivity contribution >= 4 is 35.2 Å². The highest BCUT2D eigenvalue weighted by Gasteiger charge is 2.19. The molecule has 0 aliphatic rings. The second kappa shape index (κ2) is 9.08. The second-order valence-corrected chi connectivity index (χ2v) is 7.81. The van der Waals surface area contributed by atoms with Gasteiger partial charge in [-0.05, 0) is 44.5 Å². The molecule has 3 rings (SSSR count). The Morgan fingerprint density at radius 2 is 2.10 bits per heavy atom. The lowest BCUT2D eigenvalue weighted by Gasteiger charge is -2.11. The van der Waals surface area contributed by atoms with E-state index in [1.165, 1.54) is 0 Å². The zero-order valence-electron chi connectivity index (χ0n) is 16.7. The first-order chi connectivity index (χ1) is 13.9. The summed E-state index contributed by atoms with van der Waals surface area (Å²) in [6.45, 7) is 6.86. The van der Waals surface area contributed by atoms with Crippen LogP contribution in [0, 0.1) is 25.2 Å². The van der Waals surface area contributed by atoms with Crippen molar-refractivity contribution in [2.24, 2.45) is 4.99 Å². The van der Waals surface area contributed by atoms with E-state index >= 15 is 0 Å². The Kier molecular flexibility index (Phi) is 6.53. The van der Waals surface area contributed by atoms with Crippen LogP contribution < -0.4 is 4.74 Å². The van der Waals surface area contributed by atoms with Gasteiger partial charge in [0.1, 0.15) is 23.1 Å². The van der Waals surface area contributed by atoms with Gasteiger partial charge in [-0.3, -0.25) is 0 Å². The molecule has 0 N–H and O–H groups in total. The Hall–Kier alpha value is -2.88. The Morgan fingerprint density at radius 1 is 1.31 bits per heavy atom. The standard InChI is InChI=1S/C22H21ClN4OS/c1-5-27(4)13-25-19-11-18(23)20(10-15(19)3)28-22-17(12-24)21(26-29-22)16-8-6-7-14(2)9-16/h6-11,13H,5H2,1-4H3/b25-13-. The van der Waals surface area contributed by atoms with Gasteiger partial charge in [0.05, 0.1) is 17.0 Å². The van der Waals surface area contributed by atoms with Crippen molar-refractivity contribution in [3.63, 3.8) is 0 Å². The number of ether oxygens (including phenoxy) is 1. The quantitative estimate of drug-likeness (QED) is 0.341. The highest BCUT2D eigenvalue weighted by Crippen LogP contribution is 2.40. The fourth-order valence-electron chi connectivity index (χ4n) is 2.64. The van der Waals surface area contributed by atoms with Crippen LogP contribution in [0.4, 0.5) is 5.69 Å². The van der Waals surface area contributed by atoms with Crippen LogP contribution in [0.25, 0.3) is 11.3 Å². The maximum atomic E-state index is 9.69. The number of aliphatic imine (C=N–C) groups is 1. The largest absolute Gasteiger partial charge is 0.442 e. The van der Waals surface area contributed by atoms with Gasteiger partial charge in [-0.1, -0.05) is 35.4 Å². The van der Waals surface area contributed by atoms with E-state index in [4.69, 9.17) is 16.3 Å². The fourth-order valence-corrected chi connectivity index (χ4v) is 3.56. The first kappa shape index (κ1) is 20.8. The monoisotopic (exact) mass is 424 g/mol. The third-order valence-electron chi connectivity index (χ3n) is 4.41. The van der Waals surface area contributed by atoms with Crippen molar-refractivity contribution in [2.75, 3.05) is 13.6 Å². The molecule has 7 heteroatoms. The summed E-state index contributed by atoms with van der Waals surface area (Å²) in [4.78, 5) is 6.44. The van der Waals surface area contributed by atoms with Crippen LogP contribution in [0.3, 0.4) is 0 Å². The number of halogens is 1. The summed E-state index contributed by atoms with van der Waals surface area (Å²) in [6.07, 6.45) is 1.77. The molecule has 0 aliphatic carbocycles. The summed E-state index contributed by atoms with van der Waals surface area (Å²) in [6, 6.07) is 13.7. The van der Waals surface area contributed by atoms with Crippen LogP contribution in [0.2, 0.25) is 5.02 Å². The van der Waals surface area contributed by atoms with Crippen molar-refractivity contribution < 1.29 is 4.74 Å². The summed E-state index contributed by atoms with van der Waals surface area (Å²) in [5.41, 5.74) is 4.71. The molecule has 0 bridgehead atoms. The number of hydrogen-bond acceptors (Lipinski definition) is 5. The zero-order chi connectivity index (χ0) is 21.0. The molecule has 0 aliphatic heterocycles. The zero-order valence-corrected chi connectivity index (χ0v) is 18.3. The molecular formula is C22H21ClN4OS. The number of benzene rings is 2. The van der Waals surface area contributed by atoms with Crippen LogP contribution in [0.15, 0.2) is 41.4 Å². The van der Waals surface area contributed by atoms with E-state index in [0.29, 0.717) is 27.1 Å². The molecule has 0 spiro atoms. The van der Waals surface area contributed by atoms with Crippen LogP contribution in [0.1, 0.15) is 23.6 Å². The number of hydrogen-bond donors (Lipinski definition) is 0. The van der Waals surface area contributed by atoms with E-state index in [1.807, 2.05) is 56.1 Å². The highest BCUT2D eigenvalue weighted by atomic mass is 35.5. The van der Waals surface area contributed by atoms with Gasteiger partial charge in [-0.2, -0.15) is 9.64 Å². The maximum absolute atomic E-state index is 9.69. The molecule has 0 fully saturated rings. The highest BCUT2D eigenvalue weighted by molar-refractivity contribution is 7.08. The van der Waals surface area contributed by atoms with E-state index in [2.05, 4.69) is 22.4 Å². The maximum Gasteiger partial charge on any atom is 0.218 e. The first-order valence-corrected chi connectivity index (χ1v) is 10.3. The van der Waals surface area contributed by atoms with Gasteiger partial charge in [-0.15, -0.1) is 0 Å². The fraction of sp³-hybridized carbons (Fsp3) is 0.227. The molecule has 29 heavy (non-hydrogen) atoms. The molecule has 0 saturated heterocycles. The molecule has 148 valence electrons. The average molecular weight is 425 g/mol. The minimum atomic E-state index is 0.404. The lowest BCUT2D eigenvalue weighted by atomic mass is 10.1. The van der Waals surface area contributed by atoms with Crippen molar-refractivity contribution in [1.29, 1.82) is 5.26 Å². The summed E-state index contributed by atoms with van der Waals surface area (Å²) in [7, 11) is 1.96. The molecule has 0 amide bonds. The molecule has 0 saturated carbocycles. The Morgan fingerprint density at radius 3 is 2.79 bits per heavy atom. The Labute approximate surface area is 180 Å². The van der Waals surface area contributed by atoms with Crippen molar-refractivity contribution in [3.8, 4) is 28.1 Å². The van der Waals surface area contributed by atoms with Gasteiger partial charge in [0.15, 0.2) is 0 Å². The van der Waals surface area contributed by atoms with E-state index in [-0.39, 0.29) is 0 Å². The molecule has 0 unspecified atom stereocenters. The molecule has 2 aromatic carbocycles. The smallest absolute Gasteiger partial charge is 0.218 e. The summed E-state index contributed by atoms with van der Waals surface area (Å²) >= 11 is 7.57. The molecule has 1 aromatic heterocycles. The molecule has 5 nitrogen and oxygen atoms in total. The first-order valence-electron chi connectivity index (χ1n) is 9.12. The number of rotatable bonds is 6. The molecule has 3 aromatic rings. The van der Waals surface area contributed by atoms with Crippen LogP contribution >= 0.6 is 23.1 Å². The van der Waals surface area contributed by atoms with E-state index in [0.717, 1.165) is 40.5 Å². The molecule has 0 radical (unpaired) electrons.